The third-order valence-corrected chi connectivity index (χ3v) is 6.62. The SMILES string of the molecule is CCC(=O)Nc1ccc(N2C(=S)N[C@@H](c3ccccn3)[C@H]2c2ccc(C)s2)cc1C. The summed E-state index contributed by atoms with van der Waals surface area (Å²) in [4.78, 5) is 21.1. The number of nitrogens with one attached hydrogen (secondary N) is 2. The number of aromatic nitrogens is 1. The summed E-state index contributed by atoms with van der Waals surface area (Å²) in [5, 5.41) is 7.11. The molecule has 1 aliphatic rings. The highest BCUT2D eigenvalue weighted by Gasteiger charge is 2.41. The predicted octanol–water partition coefficient (Wildman–Crippen LogP) is 5.29. The number of amides is 1. The molecule has 0 spiro atoms. The molecule has 30 heavy (non-hydrogen) atoms. The normalized spacial score (nSPS) is 18.4. The first-order chi connectivity index (χ1) is 14.5. The lowest BCUT2D eigenvalue weighted by Crippen LogP contribution is -2.29. The molecule has 2 aromatic heterocycles. The van der Waals surface area contributed by atoms with Gasteiger partial charge in [0.1, 0.15) is 0 Å². The van der Waals surface area contributed by atoms with E-state index in [2.05, 4.69) is 45.6 Å². The van der Waals surface area contributed by atoms with Crippen LogP contribution in [0.25, 0.3) is 0 Å². The summed E-state index contributed by atoms with van der Waals surface area (Å²) >= 11 is 7.55. The average Bonchev–Trinajstić information content (AvgIpc) is 3.32. The molecule has 4 rings (SSSR count). The molecule has 0 aliphatic carbocycles. The van der Waals surface area contributed by atoms with Crippen molar-refractivity contribution in [2.75, 3.05) is 10.2 Å². The van der Waals surface area contributed by atoms with Crippen LogP contribution in [-0.2, 0) is 4.79 Å². The number of anilines is 2. The summed E-state index contributed by atoms with van der Waals surface area (Å²) in [6.45, 7) is 5.96. The fraction of sp³-hybridized carbons (Fsp3) is 0.261. The molecule has 5 nitrogen and oxygen atoms in total. The van der Waals surface area contributed by atoms with Crippen molar-refractivity contribution >= 4 is 45.9 Å². The molecule has 2 atom stereocenters. The van der Waals surface area contributed by atoms with Gasteiger partial charge in [-0.05, 0) is 74.1 Å². The maximum Gasteiger partial charge on any atom is 0.224 e. The molecule has 1 aromatic carbocycles. The van der Waals surface area contributed by atoms with Gasteiger partial charge in [-0.15, -0.1) is 11.3 Å². The van der Waals surface area contributed by atoms with Crippen LogP contribution in [0, 0.1) is 13.8 Å². The van der Waals surface area contributed by atoms with E-state index >= 15 is 0 Å². The van der Waals surface area contributed by atoms with E-state index in [0.29, 0.717) is 11.5 Å². The number of nitrogens with zero attached hydrogens (tertiary/aromatic N) is 2. The molecule has 0 saturated carbocycles. The second-order valence-electron chi connectivity index (χ2n) is 7.35. The van der Waals surface area contributed by atoms with Crippen molar-refractivity contribution in [3.05, 3.63) is 75.7 Å². The molecule has 0 bridgehead atoms. The Morgan fingerprint density at radius 3 is 2.70 bits per heavy atom. The molecule has 3 heterocycles. The third kappa shape index (κ3) is 3.95. The fourth-order valence-electron chi connectivity index (χ4n) is 3.71. The van der Waals surface area contributed by atoms with Crippen molar-refractivity contribution in [1.29, 1.82) is 0 Å². The Morgan fingerprint density at radius 1 is 1.23 bits per heavy atom. The highest BCUT2D eigenvalue weighted by atomic mass is 32.1. The molecule has 1 amide bonds. The number of hydrogen-bond donors (Lipinski definition) is 2. The van der Waals surface area contributed by atoms with Crippen LogP contribution < -0.4 is 15.5 Å². The van der Waals surface area contributed by atoms with Crippen LogP contribution in [-0.4, -0.2) is 16.0 Å². The van der Waals surface area contributed by atoms with Gasteiger partial charge in [0.15, 0.2) is 5.11 Å². The lowest BCUT2D eigenvalue weighted by Gasteiger charge is -2.27. The quantitative estimate of drug-likeness (QED) is 0.533. The lowest BCUT2D eigenvalue weighted by molar-refractivity contribution is -0.115. The van der Waals surface area contributed by atoms with Gasteiger partial charge < -0.3 is 15.5 Å². The monoisotopic (exact) mass is 436 g/mol. The second-order valence-corrected chi connectivity index (χ2v) is 9.05. The van der Waals surface area contributed by atoms with Crippen molar-refractivity contribution in [1.82, 2.24) is 10.3 Å². The summed E-state index contributed by atoms with van der Waals surface area (Å²) in [6.07, 6.45) is 2.27. The number of carbonyl (C=O) groups excluding carboxylic acids is 1. The fourth-order valence-corrected chi connectivity index (χ4v) is 5.06. The number of hydrogen-bond acceptors (Lipinski definition) is 4. The van der Waals surface area contributed by atoms with Crippen LogP contribution in [0.2, 0.25) is 0 Å². The van der Waals surface area contributed by atoms with Crippen LogP contribution in [0.3, 0.4) is 0 Å². The van der Waals surface area contributed by atoms with E-state index in [4.69, 9.17) is 12.2 Å². The van der Waals surface area contributed by atoms with Crippen LogP contribution in [0.15, 0.2) is 54.7 Å². The van der Waals surface area contributed by atoms with Crippen molar-refractivity contribution in [3.8, 4) is 0 Å². The smallest absolute Gasteiger partial charge is 0.224 e. The largest absolute Gasteiger partial charge is 0.351 e. The van der Waals surface area contributed by atoms with Gasteiger partial charge in [-0.2, -0.15) is 0 Å². The van der Waals surface area contributed by atoms with E-state index in [1.165, 1.54) is 9.75 Å². The van der Waals surface area contributed by atoms with Crippen LogP contribution >= 0.6 is 23.6 Å². The number of pyridine rings is 1. The maximum atomic E-state index is 11.8. The van der Waals surface area contributed by atoms with E-state index in [-0.39, 0.29) is 18.0 Å². The van der Waals surface area contributed by atoms with E-state index in [1.807, 2.05) is 50.4 Å². The summed E-state index contributed by atoms with van der Waals surface area (Å²) in [5.41, 5.74) is 3.78. The first-order valence-electron chi connectivity index (χ1n) is 9.95. The zero-order valence-corrected chi connectivity index (χ0v) is 18.8. The molecule has 3 aromatic rings. The van der Waals surface area contributed by atoms with Crippen molar-refractivity contribution in [2.24, 2.45) is 0 Å². The lowest BCUT2D eigenvalue weighted by atomic mass is 10.0. The number of carbonyl (C=O) groups is 1. The van der Waals surface area contributed by atoms with Crippen LogP contribution in [0.5, 0.6) is 0 Å². The molecule has 1 saturated heterocycles. The van der Waals surface area contributed by atoms with Crippen molar-refractivity contribution in [2.45, 2.75) is 39.3 Å². The second kappa shape index (κ2) is 8.53. The van der Waals surface area contributed by atoms with E-state index in [1.54, 1.807) is 11.3 Å². The Kier molecular flexibility index (Phi) is 5.83. The number of aryl methyl sites for hydroxylation is 2. The number of thiophene rings is 1. The first-order valence-corrected chi connectivity index (χ1v) is 11.2. The molecular weight excluding hydrogens is 412 g/mol. The van der Waals surface area contributed by atoms with Crippen LogP contribution in [0.4, 0.5) is 11.4 Å². The number of benzene rings is 1. The number of thiocarbonyl (C=S) groups is 1. The van der Waals surface area contributed by atoms with Gasteiger partial charge in [0.25, 0.3) is 0 Å². The van der Waals surface area contributed by atoms with Gasteiger partial charge in [0.2, 0.25) is 5.91 Å². The highest BCUT2D eigenvalue weighted by molar-refractivity contribution is 7.80. The van der Waals surface area contributed by atoms with E-state index < -0.39 is 0 Å². The zero-order valence-electron chi connectivity index (χ0n) is 17.2. The average molecular weight is 437 g/mol. The topological polar surface area (TPSA) is 57.3 Å². The molecule has 0 unspecified atom stereocenters. The zero-order chi connectivity index (χ0) is 21.3. The first kappa shape index (κ1) is 20.5. The minimum atomic E-state index is -0.0449. The van der Waals surface area contributed by atoms with Gasteiger partial charge in [-0.3, -0.25) is 9.78 Å². The molecule has 2 N–H and O–H groups in total. The summed E-state index contributed by atoms with van der Waals surface area (Å²) < 4.78 is 0. The van der Waals surface area contributed by atoms with Gasteiger partial charge >= 0.3 is 0 Å². The standard InChI is InChI=1S/C23H24N4OS2/c1-4-20(28)25-17-10-9-16(13-14(17)2)27-22(19-11-8-15(3)30-19)21(26-23(27)29)18-7-5-6-12-24-18/h5-13,21-22H,4H2,1-3H3,(H,25,28)(H,26,29)/t21-,22+/m0/s1. The third-order valence-electron chi connectivity index (χ3n) is 5.23. The minimum Gasteiger partial charge on any atom is -0.351 e. The molecule has 0 radical (unpaired) electrons. The molecule has 154 valence electrons. The molecular formula is C23H24N4OS2. The summed E-state index contributed by atoms with van der Waals surface area (Å²) in [6, 6.07) is 16.3. The Hall–Kier alpha value is -2.77. The van der Waals surface area contributed by atoms with Gasteiger partial charge in [-0.1, -0.05) is 13.0 Å². The number of rotatable bonds is 5. The Balaban J connectivity index is 1.74. The van der Waals surface area contributed by atoms with E-state index in [9.17, 15) is 4.79 Å². The highest BCUT2D eigenvalue weighted by Crippen LogP contribution is 2.44. The Bertz CT molecular complexity index is 1080. The van der Waals surface area contributed by atoms with Crippen LogP contribution in [0.1, 0.15) is 46.4 Å². The predicted molar refractivity (Wildman–Crippen MR) is 127 cm³/mol. The molecule has 7 heteroatoms. The van der Waals surface area contributed by atoms with Gasteiger partial charge in [0.05, 0.1) is 17.8 Å². The Labute approximate surface area is 186 Å². The van der Waals surface area contributed by atoms with Crippen molar-refractivity contribution < 1.29 is 4.79 Å². The van der Waals surface area contributed by atoms with Gasteiger partial charge in [-0.25, -0.2) is 0 Å². The minimum absolute atomic E-state index is 0.00147. The van der Waals surface area contributed by atoms with Gasteiger partial charge in [0, 0.05) is 33.7 Å². The van der Waals surface area contributed by atoms with Crippen molar-refractivity contribution in [3.63, 3.8) is 0 Å². The summed E-state index contributed by atoms with van der Waals surface area (Å²) in [5.74, 6) is 0.00589. The Morgan fingerprint density at radius 2 is 2.07 bits per heavy atom. The molecule has 1 fully saturated rings. The molecule has 1 aliphatic heterocycles. The van der Waals surface area contributed by atoms with E-state index in [0.717, 1.165) is 22.6 Å². The summed E-state index contributed by atoms with van der Waals surface area (Å²) in [7, 11) is 0. The maximum absolute atomic E-state index is 11.8.